The highest BCUT2D eigenvalue weighted by molar-refractivity contribution is 8.00. The van der Waals surface area contributed by atoms with Crippen molar-refractivity contribution in [1.82, 2.24) is 10.3 Å². The number of carbonyl (C=O) groups is 1. The zero-order valence-electron chi connectivity index (χ0n) is 14.4. The van der Waals surface area contributed by atoms with Crippen LogP contribution in [0, 0.1) is 0 Å². The maximum absolute atomic E-state index is 12.5. The summed E-state index contributed by atoms with van der Waals surface area (Å²) in [6.45, 7) is 0.319. The Bertz CT molecular complexity index is 1060. The SMILES string of the molecule is O=C(NCc1ccco1)c1ncccc1NSc1ccc2ccccc2c1. The molecule has 0 aliphatic carbocycles. The Morgan fingerprint density at radius 1 is 1.00 bits per heavy atom. The molecule has 1 amide bonds. The van der Waals surface area contributed by atoms with Gasteiger partial charge in [0.15, 0.2) is 5.69 Å². The molecule has 0 aliphatic rings. The summed E-state index contributed by atoms with van der Waals surface area (Å²) in [4.78, 5) is 17.8. The van der Waals surface area contributed by atoms with Crippen molar-refractivity contribution in [2.75, 3.05) is 4.72 Å². The number of furan rings is 1. The van der Waals surface area contributed by atoms with Crippen LogP contribution in [0.2, 0.25) is 0 Å². The Kier molecular flexibility index (Phi) is 5.07. The predicted octanol–water partition coefficient (Wildman–Crippen LogP) is 4.88. The van der Waals surface area contributed by atoms with Gasteiger partial charge in [0.1, 0.15) is 5.76 Å². The van der Waals surface area contributed by atoms with Crippen LogP contribution in [-0.4, -0.2) is 10.9 Å². The molecule has 2 heterocycles. The molecule has 134 valence electrons. The Hall–Kier alpha value is -3.25. The lowest BCUT2D eigenvalue weighted by Gasteiger charge is -2.10. The van der Waals surface area contributed by atoms with Crippen LogP contribution >= 0.6 is 11.9 Å². The van der Waals surface area contributed by atoms with Gasteiger partial charge in [0.2, 0.25) is 0 Å². The third-order valence-corrected chi connectivity index (χ3v) is 4.84. The van der Waals surface area contributed by atoms with Crippen LogP contribution in [0.4, 0.5) is 5.69 Å². The number of aromatic nitrogens is 1. The van der Waals surface area contributed by atoms with Gasteiger partial charge in [0, 0.05) is 11.1 Å². The first-order valence-electron chi connectivity index (χ1n) is 8.47. The first kappa shape index (κ1) is 17.2. The molecule has 0 unspecified atom stereocenters. The van der Waals surface area contributed by atoms with Gasteiger partial charge in [-0.1, -0.05) is 30.3 Å². The van der Waals surface area contributed by atoms with Crippen molar-refractivity contribution in [2.24, 2.45) is 0 Å². The molecule has 0 bridgehead atoms. The van der Waals surface area contributed by atoms with Crippen LogP contribution in [0.5, 0.6) is 0 Å². The minimum absolute atomic E-state index is 0.256. The van der Waals surface area contributed by atoms with E-state index >= 15 is 0 Å². The molecule has 0 atom stereocenters. The van der Waals surface area contributed by atoms with Crippen molar-refractivity contribution in [3.8, 4) is 0 Å². The monoisotopic (exact) mass is 375 g/mol. The molecule has 0 saturated carbocycles. The second kappa shape index (κ2) is 7.97. The van der Waals surface area contributed by atoms with E-state index in [0.717, 1.165) is 4.90 Å². The highest BCUT2D eigenvalue weighted by Crippen LogP contribution is 2.26. The van der Waals surface area contributed by atoms with Gasteiger partial charge in [-0.2, -0.15) is 0 Å². The van der Waals surface area contributed by atoms with Gasteiger partial charge in [-0.3, -0.25) is 4.79 Å². The fourth-order valence-electron chi connectivity index (χ4n) is 2.68. The topological polar surface area (TPSA) is 67.2 Å². The molecule has 4 aromatic rings. The van der Waals surface area contributed by atoms with Crippen molar-refractivity contribution in [2.45, 2.75) is 11.4 Å². The van der Waals surface area contributed by atoms with Crippen LogP contribution < -0.4 is 10.0 Å². The number of carbonyl (C=O) groups excluding carboxylic acids is 1. The number of anilines is 1. The standard InChI is InChI=1S/C21H17N3O2S/c25-21(23-14-17-7-4-12-26-17)20-19(8-3-11-22-20)24-27-18-10-9-15-5-1-2-6-16(15)13-18/h1-13,24H,14H2,(H,23,25). The Balaban J connectivity index is 1.46. The predicted molar refractivity (Wildman–Crippen MR) is 108 cm³/mol. The van der Waals surface area contributed by atoms with Gasteiger partial charge in [-0.25, -0.2) is 4.98 Å². The van der Waals surface area contributed by atoms with Crippen LogP contribution in [0.25, 0.3) is 10.8 Å². The largest absolute Gasteiger partial charge is 0.467 e. The zero-order valence-corrected chi connectivity index (χ0v) is 15.2. The van der Waals surface area contributed by atoms with Crippen molar-refractivity contribution in [3.63, 3.8) is 0 Å². The molecule has 2 aromatic carbocycles. The summed E-state index contributed by atoms with van der Waals surface area (Å²) in [6.07, 6.45) is 3.18. The number of rotatable bonds is 6. The highest BCUT2D eigenvalue weighted by atomic mass is 32.2. The number of nitrogens with zero attached hydrogens (tertiary/aromatic N) is 1. The fraction of sp³-hybridized carbons (Fsp3) is 0.0476. The number of amides is 1. The van der Waals surface area contributed by atoms with Gasteiger partial charge in [0.05, 0.1) is 18.5 Å². The zero-order chi connectivity index (χ0) is 18.5. The van der Waals surface area contributed by atoms with E-state index in [1.807, 2.05) is 30.3 Å². The van der Waals surface area contributed by atoms with Gasteiger partial charge in [0.25, 0.3) is 5.91 Å². The van der Waals surface area contributed by atoms with E-state index in [1.54, 1.807) is 24.6 Å². The number of benzene rings is 2. The quantitative estimate of drug-likeness (QED) is 0.470. The molecule has 27 heavy (non-hydrogen) atoms. The summed E-state index contributed by atoms with van der Waals surface area (Å²) in [5, 5.41) is 5.19. The minimum atomic E-state index is -0.256. The molecule has 0 saturated heterocycles. The summed E-state index contributed by atoms with van der Waals surface area (Å²) in [7, 11) is 0. The van der Waals surface area contributed by atoms with E-state index < -0.39 is 0 Å². The molecular formula is C21H17N3O2S. The van der Waals surface area contributed by atoms with Gasteiger partial charge in [-0.15, -0.1) is 0 Å². The molecular weight excluding hydrogens is 358 g/mol. The van der Waals surface area contributed by atoms with Gasteiger partial charge in [-0.05, 0) is 59.1 Å². The van der Waals surface area contributed by atoms with E-state index in [4.69, 9.17) is 4.42 Å². The number of hydrogen-bond donors (Lipinski definition) is 2. The summed E-state index contributed by atoms with van der Waals surface area (Å²) >= 11 is 1.45. The molecule has 2 aromatic heterocycles. The van der Waals surface area contributed by atoms with Gasteiger partial charge < -0.3 is 14.5 Å². The fourth-order valence-corrected chi connectivity index (χ4v) is 3.39. The third-order valence-electron chi connectivity index (χ3n) is 4.03. The van der Waals surface area contributed by atoms with Crippen LogP contribution in [0.15, 0.2) is 88.5 Å². The number of fused-ring (bicyclic) bond motifs is 1. The van der Waals surface area contributed by atoms with Crippen molar-refractivity contribution < 1.29 is 9.21 Å². The molecule has 6 heteroatoms. The maximum atomic E-state index is 12.5. The maximum Gasteiger partial charge on any atom is 0.272 e. The van der Waals surface area contributed by atoms with Crippen molar-refractivity contribution in [3.05, 3.63) is 90.6 Å². The van der Waals surface area contributed by atoms with E-state index in [2.05, 4.69) is 39.3 Å². The minimum Gasteiger partial charge on any atom is -0.467 e. The Labute approximate surface area is 160 Å². The van der Waals surface area contributed by atoms with E-state index in [1.165, 1.54) is 22.7 Å². The normalized spacial score (nSPS) is 10.7. The van der Waals surface area contributed by atoms with E-state index in [-0.39, 0.29) is 5.91 Å². The Morgan fingerprint density at radius 2 is 1.89 bits per heavy atom. The van der Waals surface area contributed by atoms with Crippen molar-refractivity contribution in [1.29, 1.82) is 0 Å². The summed E-state index contributed by atoms with van der Waals surface area (Å²) in [6, 6.07) is 21.7. The second-order valence-corrected chi connectivity index (χ2v) is 6.75. The molecule has 5 nitrogen and oxygen atoms in total. The van der Waals surface area contributed by atoms with Crippen molar-refractivity contribution >= 4 is 34.3 Å². The molecule has 0 spiro atoms. The first-order chi connectivity index (χ1) is 13.3. The van der Waals surface area contributed by atoms with Crippen LogP contribution in [-0.2, 0) is 6.54 Å². The second-order valence-electron chi connectivity index (χ2n) is 5.87. The lowest BCUT2D eigenvalue weighted by atomic mass is 10.1. The average molecular weight is 375 g/mol. The summed E-state index contributed by atoms with van der Waals surface area (Å²) in [5.41, 5.74) is 1.00. The highest BCUT2D eigenvalue weighted by Gasteiger charge is 2.13. The molecule has 4 rings (SSSR count). The number of nitrogens with one attached hydrogen (secondary N) is 2. The van der Waals surface area contributed by atoms with Gasteiger partial charge >= 0.3 is 0 Å². The lowest BCUT2D eigenvalue weighted by molar-refractivity contribution is 0.0944. The molecule has 0 radical (unpaired) electrons. The number of hydrogen-bond acceptors (Lipinski definition) is 5. The first-order valence-corrected chi connectivity index (χ1v) is 9.28. The summed E-state index contributed by atoms with van der Waals surface area (Å²) < 4.78 is 8.47. The van der Waals surface area contributed by atoms with Crippen LogP contribution in [0.1, 0.15) is 16.2 Å². The smallest absolute Gasteiger partial charge is 0.272 e. The van der Waals surface area contributed by atoms with E-state index in [9.17, 15) is 4.79 Å². The molecule has 2 N–H and O–H groups in total. The molecule has 0 aliphatic heterocycles. The Morgan fingerprint density at radius 3 is 2.74 bits per heavy atom. The average Bonchev–Trinajstić information content (AvgIpc) is 3.24. The van der Waals surface area contributed by atoms with Crippen LogP contribution in [0.3, 0.4) is 0 Å². The summed E-state index contributed by atoms with van der Waals surface area (Å²) in [5.74, 6) is 0.438. The molecule has 0 fully saturated rings. The lowest BCUT2D eigenvalue weighted by Crippen LogP contribution is -2.24. The van der Waals surface area contributed by atoms with E-state index in [0.29, 0.717) is 23.7 Å². The third kappa shape index (κ3) is 4.12. The number of pyridine rings is 1.